The van der Waals surface area contributed by atoms with Gasteiger partial charge in [-0.3, -0.25) is 4.98 Å². The zero-order valence-corrected chi connectivity index (χ0v) is 12.6. The van der Waals surface area contributed by atoms with Crippen LogP contribution in [0.25, 0.3) is 0 Å². The summed E-state index contributed by atoms with van der Waals surface area (Å²) in [6, 6.07) is 3.98. The van der Waals surface area contributed by atoms with E-state index in [4.69, 9.17) is 21.1 Å². The summed E-state index contributed by atoms with van der Waals surface area (Å²) in [6.07, 6.45) is 2.78. The van der Waals surface area contributed by atoms with Gasteiger partial charge in [0.2, 0.25) is 0 Å². The molecule has 0 spiro atoms. The maximum atomic E-state index is 6.19. The number of hydrogen-bond acceptors (Lipinski definition) is 3. The van der Waals surface area contributed by atoms with Crippen molar-refractivity contribution in [3.8, 4) is 5.75 Å². The second kappa shape index (κ2) is 6.58. The van der Waals surface area contributed by atoms with Gasteiger partial charge >= 0.3 is 0 Å². The topological polar surface area (TPSA) is 31.4 Å². The number of rotatable bonds is 6. The molecule has 3 nitrogen and oxygen atoms in total. The van der Waals surface area contributed by atoms with Gasteiger partial charge in [-0.15, -0.1) is 11.6 Å². The van der Waals surface area contributed by atoms with Gasteiger partial charge in [-0.25, -0.2) is 0 Å². The van der Waals surface area contributed by atoms with E-state index >= 15 is 0 Å². The van der Waals surface area contributed by atoms with Crippen molar-refractivity contribution >= 4 is 11.6 Å². The molecule has 106 valence electrons. The fraction of sp³-hybridized carbons (Fsp3) is 0.667. The van der Waals surface area contributed by atoms with E-state index in [1.165, 1.54) is 0 Å². The van der Waals surface area contributed by atoms with E-state index in [1.54, 1.807) is 0 Å². The van der Waals surface area contributed by atoms with Gasteiger partial charge in [0, 0.05) is 18.7 Å². The number of alkyl halides is 1. The average Bonchev–Trinajstić information content (AvgIpc) is 2.40. The summed E-state index contributed by atoms with van der Waals surface area (Å²) < 4.78 is 11.8. The molecule has 0 bridgehead atoms. The Hall–Kier alpha value is -0.800. The number of nitrogens with zero attached hydrogens (tertiary/aromatic N) is 1. The molecule has 4 heteroatoms. The molecule has 0 aromatic carbocycles. The highest BCUT2D eigenvalue weighted by Crippen LogP contribution is 2.34. The third-order valence-electron chi connectivity index (χ3n) is 3.38. The van der Waals surface area contributed by atoms with E-state index in [-0.39, 0.29) is 17.6 Å². The molecule has 1 heterocycles. The van der Waals surface area contributed by atoms with Crippen LogP contribution in [0.3, 0.4) is 0 Å². The van der Waals surface area contributed by atoms with Gasteiger partial charge in [0.25, 0.3) is 0 Å². The molecule has 3 unspecified atom stereocenters. The lowest BCUT2D eigenvalue weighted by molar-refractivity contribution is -0.0801. The van der Waals surface area contributed by atoms with Crippen LogP contribution in [-0.4, -0.2) is 29.2 Å². The minimum Gasteiger partial charge on any atom is -0.486 e. The lowest BCUT2D eigenvalue weighted by Gasteiger charge is -2.40. The Morgan fingerprint density at radius 1 is 1.37 bits per heavy atom. The van der Waals surface area contributed by atoms with Crippen LogP contribution >= 0.6 is 11.6 Å². The van der Waals surface area contributed by atoms with Crippen molar-refractivity contribution in [3.63, 3.8) is 0 Å². The van der Waals surface area contributed by atoms with Crippen molar-refractivity contribution in [3.05, 3.63) is 23.5 Å². The van der Waals surface area contributed by atoms with Crippen molar-refractivity contribution in [2.45, 2.75) is 57.6 Å². The van der Waals surface area contributed by atoms with Gasteiger partial charge in [-0.2, -0.15) is 0 Å². The monoisotopic (exact) mass is 283 g/mol. The van der Waals surface area contributed by atoms with Gasteiger partial charge in [-0.1, -0.05) is 13.8 Å². The Kier molecular flexibility index (Phi) is 5.06. The van der Waals surface area contributed by atoms with Crippen LogP contribution in [0.1, 0.15) is 38.1 Å². The summed E-state index contributed by atoms with van der Waals surface area (Å²) in [5.41, 5.74) is 2.03. The van der Waals surface area contributed by atoms with Crippen molar-refractivity contribution in [1.82, 2.24) is 4.98 Å². The van der Waals surface area contributed by atoms with Crippen molar-refractivity contribution in [2.24, 2.45) is 0 Å². The van der Waals surface area contributed by atoms with Gasteiger partial charge in [0.05, 0.1) is 11.1 Å². The van der Waals surface area contributed by atoms with Crippen molar-refractivity contribution in [2.75, 3.05) is 6.61 Å². The maximum absolute atomic E-state index is 6.19. The van der Waals surface area contributed by atoms with Gasteiger partial charge in [-0.05, 0) is 31.9 Å². The zero-order valence-electron chi connectivity index (χ0n) is 11.9. The fourth-order valence-corrected chi connectivity index (χ4v) is 2.64. The standard InChI is InChI=1S/C15H22ClNO2/c1-4-8-18-15-11(16)9-14(15)19-13-7-6-10(3)17-12(13)5-2/h6-7,11,14-15H,4-5,8-9H2,1-3H3. The predicted molar refractivity (Wildman–Crippen MR) is 77.1 cm³/mol. The third kappa shape index (κ3) is 3.40. The molecule has 0 amide bonds. The number of aryl methyl sites for hydroxylation is 2. The molecule has 1 aromatic rings. The molecule has 1 saturated carbocycles. The van der Waals surface area contributed by atoms with Crippen LogP contribution in [-0.2, 0) is 11.2 Å². The highest BCUT2D eigenvalue weighted by Gasteiger charge is 2.43. The van der Waals surface area contributed by atoms with E-state index in [0.29, 0.717) is 0 Å². The maximum Gasteiger partial charge on any atom is 0.141 e. The average molecular weight is 284 g/mol. The minimum atomic E-state index is 0.00706. The van der Waals surface area contributed by atoms with Crippen LogP contribution in [0.2, 0.25) is 0 Å². The molecule has 1 aliphatic carbocycles. The van der Waals surface area contributed by atoms with Crippen LogP contribution in [0.15, 0.2) is 12.1 Å². The molecule has 3 atom stereocenters. The molecule has 1 aliphatic rings. The smallest absolute Gasteiger partial charge is 0.141 e. The van der Waals surface area contributed by atoms with Gasteiger partial charge in [0.1, 0.15) is 18.0 Å². The molecular weight excluding hydrogens is 262 g/mol. The van der Waals surface area contributed by atoms with E-state index in [0.717, 1.165) is 43.0 Å². The molecular formula is C15H22ClNO2. The molecule has 1 aromatic heterocycles. The third-order valence-corrected chi connectivity index (χ3v) is 3.81. The normalized spacial score (nSPS) is 26.0. The van der Waals surface area contributed by atoms with Crippen molar-refractivity contribution < 1.29 is 9.47 Å². The quantitative estimate of drug-likeness (QED) is 0.749. The Bertz CT molecular complexity index is 425. The fourth-order valence-electron chi connectivity index (χ4n) is 2.23. The number of halogens is 1. The Labute approximate surface area is 120 Å². The van der Waals surface area contributed by atoms with Crippen LogP contribution in [0.4, 0.5) is 0 Å². The number of pyridine rings is 1. The molecule has 0 radical (unpaired) electrons. The second-order valence-corrected chi connectivity index (χ2v) is 5.56. The first-order valence-electron chi connectivity index (χ1n) is 7.04. The first-order valence-corrected chi connectivity index (χ1v) is 7.48. The summed E-state index contributed by atoms with van der Waals surface area (Å²) in [6.45, 7) is 6.91. The highest BCUT2D eigenvalue weighted by molar-refractivity contribution is 6.21. The van der Waals surface area contributed by atoms with E-state index in [9.17, 15) is 0 Å². The molecule has 0 N–H and O–H groups in total. The van der Waals surface area contributed by atoms with Crippen molar-refractivity contribution in [1.29, 1.82) is 0 Å². The lowest BCUT2D eigenvalue weighted by Crippen LogP contribution is -2.52. The summed E-state index contributed by atoms with van der Waals surface area (Å²) >= 11 is 6.19. The number of hydrogen-bond donors (Lipinski definition) is 0. The van der Waals surface area contributed by atoms with Crippen LogP contribution < -0.4 is 4.74 Å². The largest absolute Gasteiger partial charge is 0.486 e. The molecule has 19 heavy (non-hydrogen) atoms. The number of ether oxygens (including phenoxy) is 2. The summed E-state index contributed by atoms with van der Waals surface area (Å²) in [5.74, 6) is 0.867. The molecule has 2 rings (SSSR count). The van der Waals surface area contributed by atoms with Gasteiger partial charge in [0.15, 0.2) is 0 Å². The Balaban J connectivity index is 2.01. The van der Waals surface area contributed by atoms with Gasteiger partial charge < -0.3 is 9.47 Å². The predicted octanol–water partition coefficient (Wildman–Crippen LogP) is 3.51. The summed E-state index contributed by atoms with van der Waals surface area (Å²) in [4.78, 5) is 4.51. The Morgan fingerprint density at radius 2 is 2.16 bits per heavy atom. The number of aromatic nitrogens is 1. The van der Waals surface area contributed by atoms with E-state index < -0.39 is 0 Å². The lowest BCUT2D eigenvalue weighted by atomic mass is 9.91. The van der Waals surface area contributed by atoms with E-state index in [1.807, 2.05) is 19.1 Å². The first kappa shape index (κ1) is 14.6. The van der Waals surface area contributed by atoms with Crippen LogP contribution in [0, 0.1) is 6.92 Å². The summed E-state index contributed by atoms with van der Waals surface area (Å²) in [7, 11) is 0. The molecule has 0 saturated heterocycles. The Morgan fingerprint density at radius 3 is 2.79 bits per heavy atom. The molecule has 1 fully saturated rings. The SMILES string of the molecule is CCCOC1C(Cl)CC1Oc1ccc(C)nc1CC. The zero-order chi connectivity index (χ0) is 13.8. The first-order chi connectivity index (χ1) is 9.15. The van der Waals surface area contributed by atoms with E-state index in [2.05, 4.69) is 18.8 Å². The van der Waals surface area contributed by atoms with Crippen LogP contribution in [0.5, 0.6) is 5.75 Å². The summed E-state index contributed by atoms with van der Waals surface area (Å²) in [5, 5.41) is 0.0695. The highest BCUT2D eigenvalue weighted by atomic mass is 35.5. The molecule has 0 aliphatic heterocycles. The second-order valence-electron chi connectivity index (χ2n) is 4.99. The minimum absolute atomic E-state index is 0.00706.